The first-order valence-corrected chi connectivity index (χ1v) is 13.0. The van der Waals surface area contributed by atoms with E-state index in [9.17, 15) is 14.7 Å². The van der Waals surface area contributed by atoms with Crippen LogP contribution in [0.4, 0.5) is 21.9 Å². The molecule has 1 aliphatic heterocycles. The third-order valence-corrected chi connectivity index (χ3v) is 7.35. The fraction of sp³-hybridized carbons (Fsp3) is 0.172. The molecule has 37 heavy (non-hydrogen) atoms. The van der Waals surface area contributed by atoms with E-state index in [0.717, 1.165) is 48.9 Å². The molecule has 1 fully saturated rings. The molecule has 5 rings (SSSR count). The Balaban J connectivity index is 1.23. The molecule has 3 N–H and O–H groups in total. The number of carbonyl (C=O) groups excluding carboxylic acids is 1. The van der Waals surface area contributed by atoms with Crippen LogP contribution in [-0.4, -0.2) is 48.2 Å². The number of carboxylic acid groups (broad SMARTS) is 1. The van der Waals surface area contributed by atoms with Gasteiger partial charge in [0.05, 0.1) is 11.4 Å². The number of anilines is 3. The molecule has 0 radical (unpaired) electrons. The van der Waals surface area contributed by atoms with E-state index in [2.05, 4.69) is 44.7 Å². The van der Waals surface area contributed by atoms with Crippen LogP contribution in [0.3, 0.4) is 0 Å². The first kappa shape index (κ1) is 24.5. The third-order valence-electron chi connectivity index (χ3n) is 6.43. The summed E-state index contributed by atoms with van der Waals surface area (Å²) < 4.78 is 0. The third kappa shape index (κ3) is 6.17. The van der Waals surface area contributed by atoms with E-state index >= 15 is 0 Å². The zero-order chi connectivity index (χ0) is 25.6. The van der Waals surface area contributed by atoms with E-state index in [-0.39, 0.29) is 5.91 Å². The smallest absolute Gasteiger partial charge is 0.409 e. The van der Waals surface area contributed by atoms with Crippen LogP contribution in [0.15, 0.2) is 90.3 Å². The maximum Gasteiger partial charge on any atom is 0.409 e. The molecule has 1 aliphatic rings. The molecule has 2 amide bonds. The first-order valence-electron chi connectivity index (χ1n) is 12.2. The van der Waals surface area contributed by atoms with Gasteiger partial charge in [0.1, 0.15) is 0 Å². The van der Waals surface area contributed by atoms with Crippen molar-refractivity contribution in [1.29, 1.82) is 0 Å². The lowest BCUT2D eigenvalue weighted by Gasteiger charge is -2.36. The average Bonchev–Trinajstić information content (AvgIpc) is 3.46. The van der Waals surface area contributed by atoms with Crippen molar-refractivity contribution in [3.05, 3.63) is 101 Å². The van der Waals surface area contributed by atoms with Crippen LogP contribution in [-0.2, 0) is 6.54 Å². The molecule has 188 valence electrons. The Hall–Kier alpha value is -4.14. The van der Waals surface area contributed by atoms with Crippen LogP contribution in [0.1, 0.15) is 15.9 Å². The molecule has 3 aromatic carbocycles. The summed E-state index contributed by atoms with van der Waals surface area (Å²) in [6.07, 6.45) is -1.19. The summed E-state index contributed by atoms with van der Waals surface area (Å²) in [6.45, 7) is 4.78. The first-order chi connectivity index (χ1) is 18.0. The fourth-order valence-electron chi connectivity index (χ4n) is 4.49. The largest absolute Gasteiger partial charge is 0.465 e. The number of thiophene rings is 1. The molecule has 0 spiro atoms. The summed E-state index contributed by atoms with van der Waals surface area (Å²) in [6, 6.07) is 27.3. The molecule has 1 aromatic heterocycles. The van der Waals surface area contributed by atoms with Crippen molar-refractivity contribution >= 4 is 40.4 Å². The Bertz CT molecular complexity index is 1350. The second-order valence-corrected chi connectivity index (χ2v) is 9.87. The van der Waals surface area contributed by atoms with Gasteiger partial charge in [0, 0.05) is 48.9 Å². The van der Waals surface area contributed by atoms with Crippen LogP contribution in [0.2, 0.25) is 0 Å². The Labute approximate surface area is 220 Å². The van der Waals surface area contributed by atoms with Gasteiger partial charge in [0.15, 0.2) is 0 Å². The van der Waals surface area contributed by atoms with Gasteiger partial charge in [-0.05, 0) is 59.0 Å². The summed E-state index contributed by atoms with van der Waals surface area (Å²) in [5, 5.41) is 16.4. The van der Waals surface area contributed by atoms with Crippen molar-refractivity contribution in [2.45, 2.75) is 6.54 Å². The van der Waals surface area contributed by atoms with Gasteiger partial charge in [-0.3, -0.25) is 15.0 Å². The van der Waals surface area contributed by atoms with Crippen molar-refractivity contribution in [3.63, 3.8) is 0 Å². The molecular weight excluding hydrogens is 484 g/mol. The zero-order valence-electron chi connectivity index (χ0n) is 20.3. The van der Waals surface area contributed by atoms with Gasteiger partial charge < -0.3 is 15.3 Å². The lowest BCUT2D eigenvalue weighted by atomic mass is 10.1. The molecule has 0 unspecified atom stereocenters. The summed E-state index contributed by atoms with van der Waals surface area (Å²) >= 11 is 1.58. The molecule has 4 aromatic rings. The molecule has 0 atom stereocenters. The fourth-order valence-corrected chi connectivity index (χ4v) is 5.22. The van der Waals surface area contributed by atoms with Crippen molar-refractivity contribution in [2.75, 3.05) is 41.7 Å². The van der Waals surface area contributed by atoms with E-state index in [0.29, 0.717) is 16.9 Å². The number of hydrogen-bond donors (Lipinski definition) is 3. The van der Waals surface area contributed by atoms with Crippen LogP contribution in [0, 0.1) is 0 Å². The second-order valence-electron chi connectivity index (χ2n) is 8.92. The number of rotatable bonds is 7. The summed E-state index contributed by atoms with van der Waals surface area (Å²) in [5.74, 6) is -0.295. The Morgan fingerprint density at radius 3 is 2.24 bits per heavy atom. The SMILES string of the molecule is O=C(O)Nc1ccc(-c2cccs2)cc1NC(=O)c1ccc(N2CCN(Cc3ccccc3)CC2)cc1. The highest BCUT2D eigenvalue weighted by molar-refractivity contribution is 7.13. The van der Waals surface area contributed by atoms with Gasteiger partial charge in [-0.1, -0.05) is 42.5 Å². The number of amides is 2. The molecule has 1 saturated heterocycles. The molecular formula is C29H28N4O3S. The quantitative estimate of drug-likeness (QED) is 0.279. The summed E-state index contributed by atoms with van der Waals surface area (Å²) in [7, 11) is 0. The Morgan fingerprint density at radius 1 is 0.811 bits per heavy atom. The highest BCUT2D eigenvalue weighted by Gasteiger charge is 2.18. The number of benzene rings is 3. The van der Waals surface area contributed by atoms with E-state index in [1.54, 1.807) is 23.5 Å². The van der Waals surface area contributed by atoms with Gasteiger partial charge in [-0.2, -0.15) is 0 Å². The molecule has 0 saturated carbocycles. The molecule has 2 heterocycles. The second kappa shape index (κ2) is 11.3. The van der Waals surface area contributed by atoms with E-state index in [1.165, 1.54) is 5.56 Å². The number of nitrogens with zero attached hydrogens (tertiary/aromatic N) is 2. The highest BCUT2D eigenvalue weighted by Crippen LogP contribution is 2.32. The van der Waals surface area contributed by atoms with Crippen LogP contribution in [0.25, 0.3) is 10.4 Å². The van der Waals surface area contributed by atoms with Crippen LogP contribution < -0.4 is 15.5 Å². The zero-order valence-corrected chi connectivity index (χ0v) is 21.1. The monoisotopic (exact) mass is 512 g/mol. The lowest BCUT2D eigenvalue weighted by Crippen LogP contribution is -2.45. The molecule has 0 bridgehead atoms. The number of hydrogen-bond acceptors (Lipinski definition) is 5. The topological polar surface area (TPSA) is 84.9 Å². The van der Waals surface area contributed by atoms with Gasteiger partial charge in [0.25, 0.3) is 5.91 Å². The minimum absolute atomic E-state index is 0.295. The number of nitrogens with one attached hydrogen (secondary N) is 2. The Kier molecular flexibility index (Phi) is 7.49. The van der Waals surface area contributed by atoms with Crippen LogP contribution in [0.5, 0.6) is 0 Å². The van der Waals surface area contributed by atoms with E-state index in [1.807, 2.05) is 53.9 Å². The van der Waals surface area contributed by atoms with Gasteiger partial charge in [-0.15, -0.1) is 11.3 Å². The molecule has 0 aliphatic carbocycles. The summed E-state index contributed by atoms with van der Waals surface area (Å²) in [5.41, 5.74) is 4.57. The molecule has 8 heteroatoms. The highest BCUT2D eigenvalue weighted by atomic mass is 32.1. The summed E-state index contributed by atoms with van der Waals surface area (Å²) in [4.78, 5) is 30.1. The number of carbonyl (C=O) groups is 2. The van der Waals surface area contributed by atoms with Gasteiger partial charge >= 0.3 is 6.09 Å². The minimum Gasteiger partial charge on any atom is -0.465 e. The van der Waals surface area contributed by atoms with Crippen molar-refractivity contribution < 1.29 is 14.7 Å². The Morgan fingerprint density at radius 2 is 1.57 bits per heavy atom. The predicted molar refractivity (Wildman–Crippen MR) is 150 cm³/mol. The van der Waals surface area contributed by atoms with Crippen molar-refractivity contribution in [1.82, 2.24) is 4.90 Å². The maximum absolute atomic E-state index is 13.1. The van der Waals surface area contributed by atoms with Gasteiger partial charge in [-0.25, -0.2) is 4.79 Å². The van der Waals surface area contributed by atoms with Crippen LogP contribution >= 0.6 is 11.3 Å². The standard InChI is InChI=1S/C29H28N4O3S/c34-28(30-26-19-23(27-7-4-18-37-27)10-13-25(26)31-29(35)36)22-8-11-24(12-9-22)33-16-14-32(15-17-33)20-21-5-2-1-3-6-21/h1-13,18-19,31H,14-17,20H2,(H,30,34)(H,35,36). The predicted octanol–water partition coefficient (Wildman–Crippen LogP) is 6.08. The maximum atomic E-state index is 13.1. The molecule has 7 nitrogen and oxygen atoms in total. The lowest BCUT2D eigenvalue weighted by molar-refractivity contribution is 0.102. The van der Waals surface area contributed by atoms with E-state index < -0.39 is 6.09 Å². The number of piperazine rings is 1. The van der Waals surface area contributed by atoms with Crippen molar-refractivity contribution in [2.24, 2.45) is 0 Å². The van der Waals surface area contributed by atoms with Gasteiger partial charge in [0.2, 0.25) is 0 Å². The van der Waals surface area contributed by atoms with Crippen molar-refractivity contribution in [3.8, 4) is 10.4 Å². The van der Waals surface area contributed by atoms with E-state index in [4.69, 9.17) is 0 Å². The average molecular weight is 513 g/mol. The normalized spacial score (nSPS) is 13.8. The minimum atomic E-state index is -1.19.